The van der Waals surface area contributed by atoms with E-state index in [1.165, 1.54) is 180 Å². The maximum Gasteiger partial charge on any atom is 0.472 e. The summed E-state index contributed by atoms with van der Waals surface area (Å²) in [6, 6.07) is 0. The smallest absolute Gasteiger partial charge is 0.462 e. The molecule has 0 saturated heterocycles. The van der Waals surface area contributed by atoms with Gasteiger partial charge in [0.15, 0.2) is 12.2 Å². The zero-order chi connectivity index (χ0) is 73.0. The molecule has 0 aliphatic rings. The van der Waals surface area contributed by atoms with E-state index in [0.717, 1.165) is 127 Å². The fourth-order valence-corrected chi connectivity index (χ4v) is 13.3. The molecule has 0 aliphatic carbocycles. The van der Waals surface area contributed by atoms with Crippen molar-refractivity contribution in [3.05, 3.63) is 24.3 Å². The summed E-state index contributed by atoms with van der Waals surface area (Å²) in [5.41, 5.74) is 0. The first kappa shape index (κ1) is 96.5. The fraction of sp³-hybridized carbons (Fsp3) is 0.900. The highest BCUT2D eigenvalue weighted by atomic mass is 31.2. The van der Waals surface area contributed by atoms with Gasteiger partial charge in [-0.2, -0.15) is 0 Å². The molecule has 19 heteroatoms. The number of rotatable bonds is 76. The lowest BCUT2D eigenvalue weighted by molar-refractivity contribution is -0.161. The van der Waals surface area contributed by atoms with E-state index in [4.69, 9.17) is 37.0 Å². The second kappa shape index (κ2) is 69.9. The Labute approximate surface area is 605 Å². The van der Waals surface area contributed by atoms with E-state index in [1.807, 2.05) is 0 Å². The normalized spacial score (nSPS) is 14.4. The summed E-state index contributed by atoms with van der Waals surface area (Å²) < 4.78 is 68.6. The Morgan fingerprint density at radius 2 is 0.596 bits per heavy atom. The molecule has 0 saturated carbocycles. The van der Waals surface area contributed by atoms with Crippen LogP contribution >= 0.6 is 15.6 Å². The molecule has 17 nitrogen and oxygen atoms in total. The molecule has 0 fully saturated rings. The molecule has 0 amide bonds. The van der Waals surface area contributed by atoms with Gasteiger partial charge < -0.3 is 33.8 Å². The topological polar surface area (TPSA) is 237 Å². The Balaban J connectivity index is 5.28. The SMILES string of the molecule is CCCCCC/C=C\C=C/CCCCCCCC(=O)O[C@H](COC(=O)CCCCCCCCCCCCCCCCC(C)C)COP(=O)(O)OC[C@@H](O)COP(=O)(O)OC[C@@H](COC(=O)CCCCCCCCC(C)CC)OC(=O)CCCCCCCCCCCCCCCCC(C)C. The predicted octanol–water partition coefficient (Wildman–Crippen LogP) is 23.3. The number of hydrogen-bond acceptors (Lipinski definition) is 15. The molecule has 0 aromatic heterocycles. The number of esters is 4. The minimum absolute atomic E-state index is 0.0850. The number of phosphoric acid groups is 2. The summed E-state index contributed by atoms with van der Waals surface area (Å²) in [6.07, 6.45) is 60.5. The zero-order valence-electron chi connectivity index (χ0n) is 64.4. The van der Waals surface area contributed by atoms with E-state index < -0.39 is 97.5 Å². The number of hydrogen-bond donors (Lipinski definition) is 3. The van der Waals surface area contributed by atoms with Crippen molar-refractivity contribution in [1.82, 2.24) is 0 Å². The average molecular weight is 1450 g/mol. The molecule has 0 heterocycles. The minimum atomic E-state index is -4.97. The highest BCUT2D eigenvalue weighted by Crippen LogP contribution is 2.45. The maximum atomic E-state index is 13.1. The molecular formula is C80H152O17P2. The molecule has 0 radical (unpaired) electrons. The number of phosphoric ester groups is 2. The molecular weight excluding hydrogens is 1290 g/mol. The van der Waals surface area contributed by atoms with Crippen LogP contribution < -0.4 is 0 Å². The van der Waals surface area contributed by atoms with Gasteiger partial charge in [0.2, 0.25) is 0 Å². The second-order valence-electron chi connectivity index (χ2n) is 29.3. The van der Waals surface area contributed by atoms with Gasteiger partial charge in [-0.3, -0.25) is 37.3 Å². The van der Waals surface area contributed by atoms with Crippen molar-refractivity contribution in [2.75, 3.05) is 39.6 Å². The molecule has 0 bridgehead atoms. The number of ether oxygens (including phenoxy) is 4. The predicted molar refractivity (Wildman–Crippen MR) is 404 cm³/mol. The van der Waals surface area contributed by atoms with Gasteiger partial charge in [-0.1, -0.05) is 336 Å². The van der Waals surface area contributed by atoms with E-state index >= 15 is 0 Å². The van der Waals surface area contributed by atoms with Crippen LogP contribution in [0, 0.1) is 17.8 Å². The van der Waals surface area contributed by atoms with Gasteiger partial charge in [-0.05, 0) is 69.1 Å². The molecule has 0 aromatic carbocycles. The first-order valence-corrected chi connectivity index (χ1v) is 43.7. The van der Waals surface area contributed by atoms with Crippen LogP contribution in [0.2, 0.25) is 0 Å². The van der Waals surface area contributed by atoms with E-state index in [-0.39, 0.29) is 25.7 Å². The van der Waals surface area contributed by atoms with E-state index in [9.17, 15) is 43.2 Å². The van der Waals surface area contributed by atoms with Crippen LogP contribution in [0.1, 0.15) is 389 Å². The molecule has 6 atom stereocenters. The van der Waals surface area contributed by atoms with Gasteiger partial charge in [0.25, 0.3) is 0 Å². The summed E-state index contributed by atoms with van der Waals surface area (Å²) in [7, 11) is -9.93. The lowest BCUT2D eigenvalue weighted by Crippen LogP contribution is -2.30. The molecule has 0 spiro atoms. The fourth-order valence-electron chi connectivity index (χ4n) is 11.7. The summed E-state index contributed by atoms with van der Waals surface area (Å²) in [4.78, 5) is 73.0. The summed E-state index contributed by atoms with van der Waals surface area (Å²) in [5, 5.41) is 10.6. The number of allylic oxidation sites excluding steroid dienone is 4. The van der Waals surface area contributed by atoms with E-state index in [2.05, 4.69) is 72.8 Å². The highest BCUT2D eigenvalue weighted by Gasteiger charge is 2.30. The van der Waals surface area contributed by atoms with Gasteiger partial charge in [-0.25, -0.2) is 9.13 Å². The van der Waals surface area contributed by atoms with Crippen LogP contribution in [-0.2, 0) is 65.4 Å². The number of unbranched alkanes of at least 4 members (excludes halogenated alkanes) is 40. The van der Waals surface area contributed by atoms with Crippen molar-refractivity contribution in [2.45, 2.75) is 407 Å². The molecule has 0 aromatic rings. The van der Waals surface area contributed by atoms with Gasteiger partial charge in [0.05, 0.1) is 26.4 Å². The lowest BCUT2D eigenvalue weighted by atomic mass is 10.00. The number of aliphatic hydroxyl groups is 1. The van der Waals surface area contributed by atoms with Crippen molar-refractivity contribution >= 4 is 39.5 Å². The summed E-state index contributed by atoms with van der Waals surface area (Å²) in [6.45, 7) is 11.9. The van der Waals surface area contributed by atoms with Crippen LogP contribution in [0.5, 0.6) is 0 Å². The quantitative estimate of drug-likeness (QED) is 0.0169. The van der Waals surface area contributed by atoms with Gasteiger partial charge in [0.1, 0.15) is 19.3 Å². The molecule has 3 unspecified atom stereocenters. The van der Waals surface area contributed by atoms with E-state index in [1.54, 1.807) is 0 Å². The van der Waals surface area contributed by atoms with Crippen molar-refractivity contribution in [3.63, 3.8) is 0 Å². The molecule has 0 aliphatic heterocycles. The first-order valence-electron chi connectivity index (χ1n) is 40.7. The molecule has 584 valence electrons. The van der Waals surface area contributed by atoms with Gasteiger partial charge in [0, 0.05) is 25.7 Å². The largest absolute Gasteiger partial charge is 0.472 e. The monoisotopic (exact) mass is 1450 g/mol. The Morgan fingerprint density at radius 1 is 0.333 bits per heavy atom. The summed E-state index contributed by atoms with van der Waals surface area (Å²) in [5.74, 6) is 0.176. The standard InChI is InChI=1S/C80H152O17P2/c1-8-10-11-12-13-14-15-16-17-25-30-35-40-49-56-63-79(84)96-75(67-90-77(82)61-54-47-39-34-29-24-20-18-22-27-32-37-44-51-58-71(3)4)69-94-98(86,87)92-65-74(81)66-93-99(88,89)95-70-76(68-91-78(83)62-55-48-43-42-46-53-60-73(7)9-2)97-80(85)64-57-50-41-36-31-26-21-19-23-28-33-38-45-52-59-72(5)6/h14-17,71-76,81H,8-13,18-70H2,1-7H3,(H,86,87)(H,88,89)/b15-14-,17-16-/t73?,74-,75-,76-/m1/s1. The summed E-state index contributed by atoms with van der Waals surface area (Å²) >= 11 is 0. The van der Waals surface area contributed by atoms with Crippen molar-refractivity contribution in [2.24, 2.45) is 17.8 Å². The van der Waals surface area contributed by atoms with Crippen LogP contribution in [0.25, 0.3) is 0 Å². The third-order valence-corrected chi connectivity index (χ3v) is 20.3. The third-order valence-electron chi connectivity index (χ3n) is 18.4. The van der Waals surface area contributed by atoms with Gasteiger partial charge in [-0.15, -0.1) is 0 Å². The molecule has 99 heavy (non-hydrogen) atoms. The number of carbonyl (C=O) groups excluding carboxylic acids is 4. The molecule has 0 rings (SSSR count). The van der Waals surface area contributed by atoms with Crippen molar-refractivity contribution in [3.8, 4) is 0 Å². The average Bonchev–Trinajstić information content (AvgIpc) is 1.22. The highest BCUT2D eigenvalue weighted by molar-refractivity contribution is 7.47. The van der Waals surface area contributed by atoms with Crippen LogP contribution in [-0.4, -0.2) is 96.7 Å². The Kier molecular flexibility index (Phi) is 68.1. The van der Waals surface area contributed by atoms with Crippen molar-refractivity contribution in [1.29, 1.82) is 0 Å². The van der Waals surface area contributed by atoms with Crippen molar-refractivity contribution < 1.29 is 80.2 Å². The maximum absolute atomic E-state index is 13.1. The Bertz CT molecular complexity index is 2020. The number of aliphatic hydroxyl groups excluding tert-OH is 1. The van der Waals surface area contributed by atoms with Crippen LogP contribution in [0.4, 0.5) is 0 Å². The first-order chi connectivity index (χ1) is 47.8. The Hall–Kier alpha value is -2.46. The second-order valence-corrected chi connectivity index (χ2v) is 32.2. The van der Waals surface area contributed by atoms with Crippen LogP contribution in [0.15, 0.2) is 24.3 Å². The Morgan fingerprint density at radius 3 is 0.899 bits per heavy atom. The van der Waals surface area contributed by atoms with E-state index in [0.29, 0.717) is 25.7 Å². The third kappa shape index (κ3) is 72.3. The lowest BCUT2D eigenvalue weighted by Gasteiger charge is -2.21. The number of carbonyl (C=O) groups is 4. The minimum Gasteiger partial charge on any atom is -0.462 e. The van der Waals surface area contributed by atoms with Crippen LogP contribution in [0.3, 0.4) is 0 Å². The zero-order valence-corrected chi connectivity index (χ0v) is 66.2. The molecule has 3 N–H and O–H groups in total. The van der Waals surface area contributed by atoms with Gasteiger partial charge >= 0.3 is 39.5 Å².